The minimum Gasteiger partial charge on any atom is -0.442 e. The molecule has 0 aliphatic rings. The summed E-state index contributed by atoms with van der Waals surface area (Å²) in [4.78, 5) is 25.7. The van der Waals surface area contributed by atoms with Crippen LogP contribution in [0.4, 0.5) is 0 Å². The molecular weight excluding hydrogens is 540 g/mol. The molecule has 0 N–H and O–H groups in total. The van der Waals surface area contributed by atoms with Gasteiger partial charge >= 0.3 is 5.79 Å². The second-order valence-corrected chi connectivity index (χ2v) is 9.56. The number of methoxy groups -OCH3 is 2. The van der Waals surface area contributed by atoms with Crippen LogP contribution >= 0.6 is 0 Å². The topological polar surface area (TPSA) is 71.1 Å². The van der Waals surface area contributed by atoms with Crippen LogP contribution in [0.1, 0.15) is 33.2 Å². The number of para-hydroxylation sites is 2. The summed E-state index contributed by atoms with van der Waals surface area (Å²) in [6.45, 7) is 1.60. The van der Waals surface area contributed by atoms with E-state index in [0.29, 0.717) is 28.2 Å². The first kappa shape index (κ1) is 30.9. The molecule has 0 saturated heterocycles. The van der Waals surface area contributed by atoms with Crippen molar-refractivity contribution in [3.05, 3.63) is 168 Å². The summed E-state index contributed by atoms with van der Waals surface area (Å²) in [5.41, 5.74) is 1.70. The summed E-state index contributed by atoms with van der Waals surface area (Å²) in [7, 11) is 2.90. The van der Waals surface area contributed by atoms with Gasteiger partial charge in [-0.1, -0.05) is 127 Å². The second kappa shape index (κ2) is 14.7. The van der Waals surface area contributed by atoms with E-state index in [1.54, 1.807) is 43.3 Å². The van der Waals surface area contributed by atoms with E-state index < -0.39 is 11.6 Å². The Hall–Kier alpha value is -5.04. The Bertz CT molecular complexity index is 1510. The van der Waals surface area contributed by atoms with Crippen molar-refractivity contribution in [3.8, 4) is 11.5 Å². The Labute approximate surface area is 252 Å². The predicted octanol–water partition coefficient (Wildman–Crippen LogP) is 7.76. The highest BCUT2D eigenvalue weighted by molar-refractivity contribution is 6.02. The molecule has 5 aromatic carbocycles. The molecule has 0 saturated carbocycles. The van der Waals surface area contributed by atoms with Gasteiger partial charge in [-0.25, -0.2) is 0 Å². The van der Waals surface area contributed by atoms with Crippen LogP contribution in [0.2, 0.25) is 0 Å². The summed E-state index contributed by atoms with van der Waals surface area (Å²) in [5, 5.41) is 0. The molecule has 0 atom stereocenters. The van der Waals surface area contributed by atoms with Gasteiger partial charge in [0, 0.05) is 30.9 Å². The molecule has 0 bridgehead atoms. The second-order valence-electron chi connectivity index (χ2n) is 9.56. The zero-order valence-electron chi connectivity index (χ0n) is 24.4. The van der Waals surface area contributed by atoms with Crippen LogP contribution in [0, 0.1) is 0 Å². The van der Waals surface area contributed by atoms with Crippen molar-refractivity contribution < 1.29 is 28.5 Å². The Balaban J connectivity index is 0.000000255. The van der Waals surface area contributed by atoms with Gasteiger partial charge in [0.1, 0.15) is 11.5 Å². The molecule has 6 heteroatoms. The predicted molar refractivity (Wildman–Crippen MR) is 166 cm³/mol. The monoisotopic (exact) mass is 574 g/mol. The van der Waals surface area contributed by atoms with Crippen LogP contribution in [0.3, 0.4) is 0 Å². The zero-order valence-corrected chi connectivity index (χ0v) is 24.4. The molecule has 218 valence electrons. The number of rotatable bonds is 11. The fourth-order valence-corrected chi connectivity index (χ4v) is 4.23. The van der Waals surface area contributed by atoms with Gasteiger partial charge in [-0.3, -0.25) is 9.59 Å². The average Bonchev–Trinajstić information content (AvgIpc) is 3.09. The van der Waals surface area contributed by atoms with Gasteiger partial charge < -0.3 is 18.9 Å². The van der Waals surface area contributed by atoms with Gasteiger partial charge in [0.25, 0.3) is 5.78 Å². The summed E-state index contributed by atoms with van der Waals surface area (Å²) in [5.74, 6) is -2.25. The molecule has 6 nitrogen and oxygen atoms in total. The van der Waals surface area contributed by atoms with Crippen LogP contribution < -0.4 is 9.47 Å². The van der Waals surface area contributed by atoms with Crippen molar-refractivity contribution in [1.82, 2.24) is 0 Å². The van der Waals surface area contributed by atoms with E-state index >= 15 is 0 Å². The van der Waals surface area contributed by atoms with E-state index in [0.717, 1.165) is 0 Å². The first-order valence-corrected chi connectivity index (χ1v) is 13.8. The van der Waals surface area contributed by atoms with Crippen molar-refractivity contribution in [3.63, 3.8) is 0 Å². The largest absolute Gasteiger partial charge is 0.442 e. The number of Topliss-reactive ketones (excluding diaryl/α,β-unsaturated/α-hetero) is 2. The standard InChI is InChI=1S/C26H20O3.C11H14O3/c27-25(21-13-5-1-6-14-21)26(22-15-7-2-8-16-22,28-23-17-9-3-10-18-23)29-24-19-11-4-12-20-24;1-11(13-2,14-3)10(12)9-7-5-4-6-8-9/h1-20H;4-8H,1-3H3. The number of hydrogen-bond acceptors (Lipinski definition) is 6. The van der Waals surface area contributed by atoms with Gasteiger partial charge in [-0.15, -0.1) is 0 Å². The normalized spacial score (nSPS) is 11.0. The van der Waals surface area contributed by atoms with Crippen LogP contribution in [0.5, 0.6) is 11.5 Å². The molecule has 0 aliphatic carbocycles. The SMILES string of the molecule is COC(C)(OC)C(=O)c1ccccc1.O=C(c1ccccc1)C(Oc1ccccc1)(Oc1ccccc1)c1ccccc1. The molecule has 0 amide bonds. The van der Waals surface area contributed by atoms with Gasteiger partial charge in [-0.05, 0) is 31.2 Å². The summed E-state index contributed by atoms with van der Waals surface area (Å²) < 4.78 is 22.7. The van der Waals surface area contributed by atoms with Crippen molar-refractivity contribution >= 4 is 11.6 Å². The first-order valence-electron chi connectivity index (χ1n) is 13.8. The molecule has 0 unspecified atom stereocenters. The van der Waals surface area contributed by atoms with Gasteiger partial charge in [0.2, 0.25) is 11.6 Å². The third-order valence-corrected chi connectivity index (χ3v) is 6.73. The minimum absolute atomic E-state index is 0.178. The highest BCUT2D eigenvalue weighted by atomic mass is 16.7. The summed E-state index contributed by atoms with van der Waals surface area (Å²) >= 11 is 0. The lowest BCUT2D eigenvalue weighted by Crippen LogP contribution is -2.47. The third kappa shape index (κ3) is 7.63. The van der Waals surface area contributed by atoms with Crippen LogP contribution in [-0.4, -0.2) is 31.6 Å². The lowest BCUT2D eigenvalue weighted by atomic mass is 9.95. The van der Waals surface area contributed by atoms with Gasteiger partial charge in [0.15, 0.2) is 0 Å². The fraction of sp³-hybridized carbons (Fsp3) is 0.135. The van der Waals surface area contributed by atoms with E-state index in [1.165, 1.54) is 14.2 Å². The first-order chi connectivity index (χ1) is 20.9. The lowest BCUT2D eigenvalue weighted by Gasteiger charge is -2.33. The maximum Gasteiger partial charge on any atom is 0.344 e. The molecule has 5 aromatic rings. The number of ketones is 2. The quantitative estimate of drug-likeness (QED) is 0.119. The molecule has 0 radical (unpaired) electrons. The number of carbonyl (C=O) groups is 2. The minimum atomic E-state index is -1.68. The van der Waals surface area contributed by atoms with Gasteiger partial charge in [-0.2, -0.15) is 0 Å². The number of carbonyl (C=O) groups excluding carboxylic acids is 2. The average molecular weight is 575 g/mol. The summed E-state index contributed by atoms with van der Waals surface area (Å²) in [6.07, 6.45) is 0. The van der Waals surface area contributed by atoms with Crippen molar-refractivity contribution in [2.45, 2.75) is 18.5 Å². The molecule has 0 spiro atoms. The zero-order chi connectivity index (χ0) is 30.5. The van der Waals surface area contributed by atoms with Crippen molar-refractivity contribution in [2.24, 2.45) is 0 Å². The lowest BCUT2D eigenvalue weighted by molar-refractivity contribution is -0.155. The Kier molecular flexibility index (Phi) is 10.6. The maximum atomic E-state index is 13.8. The van der Waals surface area contributed by atoms with E-state index in [4.69, 9.17) is 18.9 Å². The van der Waals surface area contributed by atoms with E-state index in [2.05, 4.69) is 0 Å². The maximum absolute atomic E-state index is 13.8. The van der Waals surface area contributed by atoms with Crippen molar-refractivity contribution in [1.29, 1.82) is 0 Å². The molecule has 0 aliphatic heterocycles. The van der Waals surface area contributed by atoms with Crippen molar-refractivity contribution in [2.75, 3.05) is 14.2 Å². The van der Waals surface area contributed by atoms with Crippen LogP contribution in [0.25, 0.3) is 0 Å². The molecule has 0 fully saturated rings. The molecule has 0 aromatic heterocycles. The third-order valence-electron chi connectivity index (χ3n) is 6.73. The molecule has 5 rings (SSSR count). The van der Waals surface area contributed by atoms with Crippen LogP contribution in [0.15, 0.2) is 152 Å². The summed E-state index contributed by atoms with van der Waals surface area (Å²) in [6, 6.07) is 45.8. The van der Waals surface area contributed by atoms with E-state index in [9.17, 15) is 9.59 Å². The smallest absolute Gasteiger partial charge is 0.344 e. The Morgan fingerprint density at radius 2 is 0.791 bits per heavy atom. The highest BCUT2D eigenvalue weighted by Gasteiger charge is 2.46. The number of benzene rings is 5. The highest BCUT2D eigenvalue weighted by Crippen LogP contribution is 2.35. The number of hydrogen-bond donors (Lipinski definition) is 0. The Morgan fingerprint density at radius 3 is 1.16 bits per heavy atom. The fourth-order valence-electron chi connectivity index (χ4n) is 4.23. The van der Waals surface area contributed by atoms with Gasteiger partial charge in [0.05, 0.1) is 0 Å². The van der Waals surface area contributed by atoms with E-state index in [1.807, 2.05) is 115 Å². The molecule has 43 heavy (non-hydrogen) atoms. The molecular formula is C37H34O6. The van der Waals surface area contributed by atoms with E-state index in [-0.39, 0.29) is 11.6 Å². The number of ether oxygens (including phenoxy) is 4. The Morgan fingerprint density at radius 1 is 0.465 bits per heavy atom. The van der Waals surface area contributed by atoms with Crippen LogP contribution in [-0.2, 0) is 15.3 Å². The molecule has 0 heterocycles.